The molecule has 0 bridgehead atoms. The molecule has 0 radical (unpaired) electrons. The predicted octanol–water partition coefficient (Wildman–Crippen LogP) is 6.31. The number of carbonyl (C=O) groups excluding carboxylic acids is 3. The monoisotopic (exact) mass is 497 g/mol. The van der Waals surface area contributed by atoms with Gasteiger partial charge in [0, 0.05) is 23.5 Å². The normalized spacial score (nSPS) is 10.4. The molecule has 3 amide bonds. The molecule has 0 saturated carbocycles. The van der Waals surface area contributed by atoms with E-state index in [9.17, 15) is 14.4 Å². The quantitative estimate of drug-likeness (QED) is 0.226. The summed E-state index contributed by atoms with van der Waals surface area (Å²) in [5.74, 6) is -1.06. The molecule has 3 aromatic rings. The summed E-state index contributed by atoms with van der Waals surface area (Å²) in [6.45, 7) is 0. The molecule has 176 valence electrons. The van der Waals surface area contributed by atoms with Gasteiger partial charge in [0.15, 0.2) is 0 Å². The third-order valence-electron chi connectivity index (χ3n) is 4.92. The van der Waals surface area contributed by atoms with E-state index >= 15 is 0 Å². The highest BCUT2D eigenvalue weighted by Gasteiger charge is 2.12. The van der Waals surface area contributed by atoms with Crippen LogP contribution >= 0.6 is 23.2 Å². The third kappa shape index (κ3) is 8.54. The summed E-state index contributed by atoms with van der Waals surface area (Å²) >= 11 is 11.8. The lowest BCUT2D eigenvalue weighted by Crippen LogP contribution is -2.21. The first-order valence-corrected chi connectivity index (χ1v) is 11.6. The topological polar surface area (TPSA) is 87.3 Å². The van der Waals surface area contributed by atoms with Gasteiger partial charge < -0.3 is 16.0 Å². The average molecular weight is 498 g/mol. The molecule has 0 unspecified atom stereocenters. The van der Waals surface area contributed by atoms with Crippen molar-refractivity contribution in [3.8, 4) is 0 Å². The minimum absolute atomic E-state index is 0.0856. The van der Waals surface area contributed by atoms with E-state index in [1.807, 2.05) is 18.2 Å². The van der Waals surface area contributed by atoms with Gasteiger partial charge in [0.25, 0.3) is 0 Å². The van der Waals surface area contributed by atoms with E-state index in [1.165, 1.54) is 11.6 Å². The van der Waals surface area contributed by atoms with Crippen LogP contribution in [0.4, 0.5) is 17.1 Å². The summed E-state index contributed by atoms with van der Waals surface area (Å²) < 4.78 is 0. The molecule has 34 heavy (non-hydrogen) atoms. The summed E-state index contributed by atoms with van der Waals surface area (Å²) in [6.07, 6.45) is 2.69. The van der Waals surface area contributed by atoms with Crippen molar-refractivity contribution in [1.29, 1.82) is 0 Å². The summed E-state index contributed by atoms with van der Waals surface area (Å²) in [5, 5.41) is 8.79. The van der Waals surface area contributed by atoms with Crippen molar-refractivity contribution in [2.45, 2.75) is 32.1 Å². The predicted molar refractivity (Wildman–Crippen MR) is 137 cm³/mol. The van der Waals surface area contributed by atoms with Gasteiger partial charge in [-0.25, -0.2) is 0 Å². The molecule has 3 N–H and O–H groups in total. The van der Waals surface area contributed by atoms with Gasteiger partial charge in [-0.15, -0.1) is 0 Å². The van der Waals surface area contributed by atoms with Crippen LogP contribution in [0, 0.1) is 0 Å². The fourth-order valence-corrected chi connectivity index (χ4v) is 3.59. The maximum atomic E-state index is 12.3. The minimum Gasteiger partial charge on any atom is -0.326 e. The van der Waals surface area contributed by atoms with E-state index < -0.39 is 11.8 Å². The van der Waals surface area contributed by atoms with Crippen molar-refractivity contribution in [3.63, 3.8) is 0 Å². The lowest BCUT2D eigenvalue weighted by molar-refractivity contribution is -0.123. The van der Waals surface area contributed by atoms with Gasteiger partial charge in [0.2, 0.25) is 17.7 Å². The van der Waals surface area contributed by atoms with Crippen LogP contribution in [0.25, 0.3) is 0 Å². The molecule has 0 aromatic heterocycles. The van der Waals surface area contributed by atoms with Crippen molar-refractivity contribution in [1.82, 2.24) is 0 Å². The molecule has 3 rings (SSSR count). The largest absolute Gasteiger partial charge is 0.326 e. The molecule has 6 nitrogen and oxygen atoms in total. The molecule has 0 aliphatic carbocycles. The number of halogens is 2. The third-order valence-corrected chi connectivity index (χ3v) is 5.66. The van der Waals surface area contributed by atoms with Gasteiger partial charge >= 0.3 is 0 Å². The van der Waals surface area contributed by atoms with E-state index in [-0.39, 0.29) is 12.3 Å². The highest BCUT2D eigenvalue weighted by Crippen LogP contribution is 2.25. The second kappa shape index (κ2) is 12.8. The van der Waals surface area contributed by atoms with Gasteiger partial charge in [-0.1, -0.05) is 59.6 Å². The van der Waals surface area contributed by atoms with Crippen molar-refractivity contribution in [2.24, 2.45) is 0 Å². The number of amides is 3. The highest BCUT2D eigenvalue weighted by molar-refractivity contribution is 6.42. The van der Waals surface area contributed by atoms with Crippen molar-refractivity contribution < 1.29 is 14.4 Å². The van der Waals surface area contributed by atoms with Gasteiger partial charge in [-0.2, -0.15) is 0 Å². The van der Waals surface area contributed by atoms with Crippen LogP contribution < -0.4 is 16.0 Å². The molecule has 0 atom stereocenters. The SMILES string of the molecule is O=C(CCCCc1ccccc1)Nc1cccc(NC(=O)CC(=O)Nc2ccc(Cl)c(Cl)c2)c1. The van der Waals surface area contributed by atoms with Gasteiger partial charge in [0.1, 0.15) is 6.42 Å². The van der Waals surface area contributed by atoms with Crippen LogP contribution in [0.15, 0.2) is 72.8 Å². The molecular weight excluding hydrogens is 473 g/mol. The smallest absolute Gasteiger partial charge is 0.233 e. The molecule has 0 saturated heterocycles. The number of benzene rings is 3. The Balaban J connectivity index is 1.42. The Hall–Kier alpha value is -3.35. The second-order valence-corrected chi connectivity index (χ2v) is 8.54. The standard InChI is InChI=1S/C26H25Cl2N3O3/c27-22-14-13-21(16-23(22)28)31-26(34)17-25(33)30-20-11-6-10-19(15-20)29-24(32)12-5-4-9-18-7-2-1-3-8-18/h1-3,6-8,10-11,13-16H,4-5,9,12,17H2,(H,29,32)(H,30,33)(H,31,34). The van der Waals surface area contributed by atoms with E-state index in [0.717, 1.165) is 19.3 Å². The Labute approximate surface area is 208 Å². The van der Waals surface area contributed by atoms with Gasteiger partial charge in [0.05, 0.1) is 10.0 Å². The first kappa shape index (κ1) is 25.3. The fraction of sp³-hybridized carbons (Fsp3) is 0.192. The molecule has 0 aliphatic rings. The van der Waals surface area contributed by atoms with Gasteiger partial charge in [-0.3, -0.25) is 14.4 Å². The zero-order chi connectivity index (χ0) is 24.3. The van der Waals surface area contributed by atoms with Crippen LogP contribution in [0.3, 0.4) is 0 Å². The molecular formula is C26H25Cl2N3O3. The first-order chi connectivity index (χ1) is 16.4. The van der Waals surface area contributed by atoms with Crippen molar-refractivity contribution in [2.75, 3.05) is 16.0 Å². The van der Waals surface area contributed by atoms with Crippen LogP contribution in [-0.2, 0) is 20.8 Å². The zero-order valence-corrected chi connectivity index (χ0v) is 20.0. The number of anilines is 3. The van der Waals surface area contributed by atoms with E-state index in [1.54, 1.807) is 36.4 Å². The summed E-state index contributed by atoms with van der Waals surface area (Å²) in [7, 11) is 0. The molecule has 0 spiro atoms. The number of unbranched alkanes of at least 4 members (excludes halogenated alkanes) is 1. The Bertz CT molecular complexity index is 1150. The number of rotatable bonds is 10. The number of hydrogen-bond acceptors (Lipinski definition) is 3. The second-order valence-electron chi connectivity index (χ2n) is 7.72. The van der Waals surface area contributed by atoms with E-state index in [2.05, 4.69) is 28.1 Å². The van der Waals surface area contributed by atoms with E-state index in [4.69, 9.17) is 23.2 Å². The van der Waals surface area contributed by atoms with Crippen LogP contribution in [0.5, 0.6) is 0 Å². The van der Waals surface area contributed by atoms with Crippen LogP contribution in [0.2, 0.25) is 10.0 Å². The fourth-order valence-electron chi connectivity index (χ4n) is 3.29. The number of nitrogens with one attached hydrogen (secondary N) is 3. The Morgan fingerprint density at radius 3 is 1.88 bits per heavy atom. The summed E-state index contributed by atoms with van der Waals surface area (Å²) in [5.41, 5.74) is 2.76. The maximum Gasteiger partial charge on any atom is 0.233 e. The van der Waals surface area contributed by atoms with Crippen LogP contribution in [-0.4, -0.2) is 17.7 Å². The zero-order valence-electron chi connectivity index (χ0n) is 18.4. The van der Waals surface area contributed by atoms with Crippen molar-refractivity contribution >= 4 is 58.0 Å². The highest BCUT2D eigenvalue weighted by atomic mass is 35.5. The summed E-state index contributed by atoms with van der Waals surface area (Å²) in [4.78, 5) is 36.6. The first-order valence-electron chi connectivity index (χ1n) is 10.9. The van der Waals surface area contributed by atoms with E-state index in [0.29, 0.717) is 33.5 Å². The van der Waals surface area contributed by atoms with Crippen molar-refractivity contribution in [3.05, 3.63) is 88.4 Å². The maximum absolute atomic E-state index is 12.3. The Morgan fingerprint density at radius 1 is 0.618 bits per heavy atom. The minimum atomic E-state index is -0.490. The molecule has 0 fully saturated rings. The Morgan fingerprint density at radius 2 is 1.24 bits per heavy atom. The molecule has 8 heteroatoms. The number of hydrogen-bond donors (Lipinski definition) is 3. The summed E-state index contributed by atoms with van der Waals surface area (Å²) in [6, 6.07) is 21.6. The lowest BCUT2D eigenvalue weighted by atomic mass is 10.1. The number of carbonyl (C=O) groups is 3. The number of aryl methyl sites for hydroxylation is 1. The van der Waals surface area contributed by atoms with Crippen LogP contribution in [0.1, 0.15) is 31.2 Å². The molecule has 0 aliphatic heterocycles. The Kier molecular flexibility index (Phi) is 9.50. The molecule has 3 aromatic carbocycles. The average Bonchev–Trinajstić information content (AvgIpc) is 2.80. The molecule has 0 heterocycles. The van der Waals surface area contributed by atoms with Gasteiger partial charge in [-0.05, 0) is 61.2 Å². The lowest BCUT2D eigenvalue weighted by Gasteiger charge is -2.10.